The lowest BCUT2D eigenvalue weighted by molar-refractivity contribution is -0.122. The average Bonchev–Trinajstić information content (AvgIpc) is 2.52. The third-order valence-corrected chi connectivity index (χ3v) is 3.85. The Kier molecular flexibility index (Phi) is 6.02. The van der Waals surface area contributed by atoms with Gasteiger partial charge in [0.15, 0.2) is 0 Å². The molecule has 0 spiro atoms. The van der Waals surface area contributed by atoms with E-state index in [4.69, 9.17) is 0 Å². The smallest absolute Gasteiger partial charge is 0.220 e. The van der Waals surface area contributed by atoms with Gasteiger partial charge >= 0.3 is 0 Å². The van der Waals surface area contributed by atoms with E-state index < -0.39 is 0 Å². The molecule has 1 amide bonds. The molecule has 2 rings (SSSR count). The minimum absolute atomic E-state index is 0.0141. The summed E-state index contributed by atoms with van der Waals surface area (Å²) in [5.74, 6) is 0.0141. The zero-order valence-electron chi connectivity index (χ0n) is 11.8. The summed E-state index contributed by atoms with van der Waals surface area (Å²) in [6.45, 7) is 0.993. The number of hydrogen-bond donors (Lipinski definition) is 3. The van der Waals surface area contributed by atoms with Crippen molar-refractivity contribution in [3.8, 4) is 0 Å². The molecule has 1 fully saturated rings. The van der Waals surface area contributed by atoms with Crippen molar-refractivity contribution < 1.29 is 9.90 Å². The van der Waals surface area contributed by atoms with Crippen molar-refractivity contribution in [1.82, 2.24) is 10.6 Å². The zero-order chi connectivity index (χ0) is 14.2. The Morgan fingerprint density at radius 1 is 1.35 bits per heavy atom. The van der Waals surface area contributed by atoms with Crippen LogP contribution in [-0.2, 0) is 4.79 Å². The number of benzene rings is 1. The van der Waals surface area contributed by atoms with Crippen LogP contribution in [0.15, 0.2) is 30.3 Å². The zero-order valence-corrected chi connectivity index (χ0v) is 11.8. The molecule has 0 aliphatic carbocycles. The van der Waals surface area contributed by atoms with Crippen LogP contribution in [0, 0.1) is 0 Å². The van der Waals surface area contributed by atoms with Gasteiger partial charge in [0.25, 0.3) is 0 Å². The molecule has 110 valence electrons. The number of carbonyl (C=O) groups is 1. The molecule has 4 nitrogen and oxygen atoms in total. The van der Waals surface area contributed by atoms with Gasteiger partial charge in [-0.3, -0.25) is 4.79 Å². The second-order valence-corrected chi connectivity index (χ2v) is 5.40. The van der Waals surface area contributed by atoms with Crippen LogP contribution < -0.4 is 10.6 Å². The predicted molar refractivity (Wildman–Crippen MR) is 79.3 cm³/mol. The Labute approximate surface area is 120 Å². The first-order valence-electron chi connectivity index (χ1n) is 7.48. The van der Waals surface area contributed by atoms with Gasteiger partial charge in [-0.05, 0) is 31.4 Å². The van der Waals surface area contributed by atoms with Gasteiger partial charge in [0, 0.05) is 12.5 Å². The van der Waals surface area contributed by atoms with Crippen molar-refractivity contribution in [2.75, 3.05) is 13.2 Å². The van der Waals surface area contributed by atoms with Crippen LogP contribution in [0.3, 0.4) is 0 Å². The maximum atomic E-state index is 12.0. The van der Waals surface area contributed by atoms with Gasteiger partial charge in [-0.25, -0.2) is 0 Å². The summed E-state index contributed by atoms with van der Waals surface area (Å²) >= 11 is 0. The van der Waals surface area contributed by atoms with Gasteiger partial charge in [0.2, 0.25) is 5.91 Å². The van der Waals surface area contributed by atoms with Gasteiger partial charge < -0.3 is 15.7 Å². The van der Waals surface area contributed by atoms with Crippen LogP contribution >= 0.6 is 0 Å². The van der Waals surface area contributed by atoms with E-state index in [9.17, 15) is 9.90 Å². The van der Waals surface area contributed by atoms with E-state index in [0.717, 1.165) is 24.9 Å². The van der Waals surface area contributed by atoms with E-state index in [2.05, 4.69) is 10.6 Å². The summed E-state index contributed by atoms with van der Waals surface area (Å²) in [7, 11) is 0. The molecule has 3 N–H and O–H groups in total. The highest BCUT2D eigenvalue weighted by Crippen LogP contribution is 2.14. The minimum Gasteiger partial charge on any atom is -0.394 e. The summed E-state index contributed by atoms with van der Waals surface area (Å²) < 4.78 is 0. The van der Waals surface area contributed by atoms with Crippen LogP contribution in [0.4, 0.5) is 0 Å². The van der Waals surface area contributed by atoms with Crippen molar-refractivity contribution >= 4 is 5.91 Å². The molecule has 1 aromatic rings. The van der Waals surface area contributed by atoms with E-state index in [0.29, 0.717) is 12.5 Å². The average molecular weight is 276 g/mol. The SMILES string of the molecule is O=C(CCC1CCCCN1)N[C@H](CO)c1ccccc1. The Morgan fingerprint density at radius 3 is 2.80 bits per heavy atom. The fourth-order valence-electron chi connectivity index (χ4n) is 2.66. The van der Waals surface area contributed by atoms with E-state index in [-0.39, 0.29) is 18.6 Å². The molecule has 1 aromatic carbocycles. The molecule has 1 heterocycles. The molecular weight excluding hydrogens is 252 g/mol. The lowest BCUT2D eigenvalue weighted by Crippen LogP contribution is -2.36. The van der Waals surface area contributed by atoms with Crippen LogP contribution in [0.2, 0.25) is 0 Å². The first kappa shape index (κ1) is 15.0. The number of aliphatic hydroxyl groups is 1. The van der Waals surface area contributed by atoms with Crippen LogP contribution in [0.5, 0.6) is 0 Å². The van der Waals surface area contributed by atoms with E-state index in [1.54, 1.807) is 0 Å². The predicted octanol–water partition coefficient (Wildman–Crippen LogP) is 1.76. The van der Waals surface area contributed by atoms with Gasteiger partial charge in [0.05, 0.1) is 12.6 Å². The Bertz CT molecular complexity index is 402. The molecule has 4 heteroatoms. The first-order valence-corrected chi connectivity index (χ1v) is 7.48. The van der Waals surface area contributed by atoms with Crippen molar-refractivity contribution in [2.24, 2.45) is 0 Å². The number of piperidine rings is 1. The van der Waals surface area contributed by atoms with Crippen molar-refractivity contribution in [3.63, 3.8) is 0 Å². The van der Waals surface area contributed by atoms with Crippen LogP contribution in [-0.4, -0.2) is 30.2 Å². The van der Waals surface area contributed by atoms with Gasteiger partial charge in [-0.2, -0.15) is 0 Å². The minimum atomic E-state index is -0.303. The molecule has 1 saturated heterocycles. The van der Waals surface area contributed by atoms with E-state index in [1.165, 1.54) is 12.8 Å². The fourth-order valence-corrected chi connectivity index (χ4v) is 2.66. The maximum Gasteiger partial charge on any atom is 0.220 e. The maximum absolute atomic E-state index is 12.0. The van der Waals surface area contributed by atoms with Crippen LogP contribution in [0.25, 0.3) is 0 Å². The number of carbonyl (C=O) groups excluding carboxylic acids is 1. The molecule has 1 unspecified atom stereocenters. The number of hydrogen-bond acceptors (Lipinski definition) is 3. The number of aliphatic hydroxyl groups excluding tert-OH is 1. The third-order valence-electron chi connectivity index (χ3n) is 3.85. The summed E-state index contributed by atoms with van der Waals surface area (Å²) in [5.41, 5.74) is 0.944. The summed E-state index contributed by atoms with van der Waals surface area (Å²) in [4.78, 5) is 12.0. The monoisotopic (exact) mass is 276 g/mol. The van der Waals surface area contributed by atoms with Crippen molar-refractivity contribution in [2.45, 2.75) is 44.2 Å². The molecule has 1 aliphatic heterocycles. The van der Waals surface area contributed by atoms with E-state index in [1.807, 2.05) is 30.3 Å². The van der Waals surface area contributed by atoms with Gasteiger partial charge in [0.1, 0.15) is 0 Å². The highest BCUT2D eigenvalue weighted by Gasteiger charge is 2.16. The Morgan fingerprint density at radius 2 is 2.15 bits per heavy atom. The summed E-state index contributed by atoms with van der Waals surface area (Å²) in [6.07, 6.45) is 5.04. The van der Waals surface area contributed by atoms with Crippen LogP contribution in [0.1, 0.15) is 43.7 Å². The second kappa shape index (κ2) is 8.02. The first-order chi connectivity index (χ1) is 9.79. The van der Waals surface area contributed by atoms with Gasteiger partial charge in [-0.1, -0.05) is 36.8 Å². The summed E-state index contributed by atoms with van der Waals surface area (Å²) in [5, 5.41) is 15.8. The fraction of sp³-hybridized carbons (Fsp3) is 0.562. The van der Waals surface area contributed by atoms with Gasteiger partial charge in [-0.15, -0.1) is 0 Å². The molecule has 0 aromatic heterocycles. The highest BCUT2D eigenvalue weighted by molar-refractivity contribution is 5.76. The largest absolute Gasteiger partial charge is 0.394 e. The molecule has 0 bridgehead atoms. The Hall–Kier alpha value is -1.39. The molecule has 2 atom stereocenters. The number of rotatable bonds is 6. The number of nitrogens with one attached hydrogen (secondary N) is 2. The quantitative estimate of drug-likeness (QED) is 0.742. The third kappa shape index (κ3) is 4.62. The van der Waals surface area contributed by atoms with E-state index >= 15 is 0 Å². The molecular formula is C16H24N2O2. The molecule has 1 aliphatic rings. The number of amides is 1. The lowest BCUT2D eigenvalue weighted by atomic mass is 10.00. The van der Waals surface area contributed by atoms with Crippen molar-refractivity contribution in [3.05, 3.63) is 35.9 Å². The second-order valence-electron chi connectivity index (χ2n) is 5.40. The summed E-state index contributed by atoms with van der Waals surface area (Å²) in [6, 6.07) is 9.76. The normalized spacial score (nSPS) is 20.4. The Balaban J connectivity index is 1.77. The van der Waals surface area contributed by atoms with Crippen molar-refractivity contribution in [1.29, 1.82) is 0 Å². The highest BCUT2D eigenvalue weighted by atomic mass is 16.3. The standard InChI is InChI=1S/C16H24N2O2/c19-12-15(13-6-2-1-3-7-13)18-16(20)10-9-14-8-4-5-11-17-14/h1-3,6-7,14-15,17,19H,4-5,8-12H2,(H,18,20)/t14?,15-/m1/s1. The molecule has 20 heavy (non-hydrogen) atoms. The molecule has 0 radical (unpaired) electrons. The molecule has 0 saturated carbocycles. The lowest BCUT2D eigenvalue weighted by Gasteiger charge is -2.23. The topological polar surface area (TPSA) is 61.4 Å².